The number of halogens is 1. The third kappa shape index (κ3) is 5.33. The van der Waals surface area contributed by atoms with Crippen LogP contribution in [0, 0.1) is 11.3 Å². The van der Waals surface area contributed by atoms with Crippen molar-refractivity contribution in [3.8, 4) is 0 Å². The van der Waals surface area contributed by atoms with Crippen molar-refractivity contribution in [2.24, 2.45) is 17.1 Å². The summed E-state index contributed by atoms with van der Waals surface area (Å²) in [5.41, 5.74) is 5.40. The van der Waals surface area contributed by atoms with E-state index >= 15 is 0 Å². The van der Waals surface area contributed by atoms with Gasteiger partial charge in [0.15, 0.2) is 0 Å². The lowest BCUT2D eigenvalue weighted by Gasteiger charge is -2.37. The number of amides is 2. The van der Waals surface area contributed by atoms with Crippen molar-refractivity contribution in [2.75, 3.05) is 19.8 Å². The standard InChI is InChI=1S/C17H31N3O3.ClH/c1-12(2)19-15(21)13-4-3-5-14(10-13)20-16(22)17(11-18)6-8-23-9-7-17;/h12-14H,3-11,18H2,1-2H3,(H,19,21)(H,20,22);1H. The molecule has 0 spiro atoms. The minimum atomic E-state index is -0.495. The summed E-state index contributed by atoms with van der Waals surface area (Å²) in [6.45, 7) is 5.47. The zero-order valence-corrected chi connectivity index (χ0v) is 15.6. The highest BCUT2D eigenvalue weighted by atomic mass is 35.5. The number of nitrogens with one attached hydrogen (secondary N) is 2. The van der Waals surface area contributed by atoms with Crippen LogP contribution in [0.2, 0.25) is 0 Å². The van der Waals surface area contributed by atoms with Crippen LogP contribution in [0.5, 0.6) is 0 Å². The molecule has 1 aliphatic heterocycles. The maximum atomic E-state index is 12.7. The molecule has 0 aromatic carbocycles. The van der Waals surface area contributed by atoms with Gasteiger partial charge >= 0.3 is 0 Å². The Balaban J connectivity index is 0.00000288. The Hall–Kier alpha value is -0.850. The van der Waals surface area contributed by atoms with Gasteiger partial charge in [-0.1, -0.05) is 6.42 Å². The van der Waals surface area contributed by atoms with Gasteiger partial charge in [-0.3, -0.25) is 9.59 Å². The topological polar surface area (TPSA) is 93.5 Å². The summed E-state index contributed by atoms with van der Waals surface area (Å²) >= 11 is 0. The van der Waals surface area contributed by atoms with Gasteiger partial charge in [-0.2, -0.15) is 0 Å². The first-order chi connectivity index (χ1) is 11.0. The van der Waals surface area contributed by atoms with Gasteiger partial charge in [0.2, 0.25) is 11.8 Å². The zero-order chi connectivity index (χ0) is 16.9. The number of nitrogens with two attached hydrogens (primary N) is 1. The fourth-order valence-corrected chi connectivity index (χ4v) is 3.59. The molecule has 0 aromatic heterocycles. The first kappa shape index (κ1) is 21.2. The number of carbonyl (C=O) groups is 2. The molecule has 7 heteroatoms. The second kappa shape index (κ2) is 9.59. The molecule has 1 saturated heterocycles. The molecule has 6 nitrogen and oxygen atoms in total. The summed E-state index contributed by atoms with van der Waals surface area (Å²) in [6.07, 6.45) is 4.90. The maximum Gasteiger partial charge on any atom is 0.227 e. The maximum absolute atomic E-state index is 12.7. The van der Waals surface area contributed by atoms with Crippen molar-refractivity contribution in [2.45, 2.75) is 64.5 Å². The molecule has 2 atom stereocenters. The second-order valence-corrected chi connectivity index (χ2v) is 7.29. The predicted octanol–water partition coefficient (Wildman–Crippen LogP) is 1.36. The first-order valence-electron chi connectivity index (χ1n) is 8.86. The molecule has 1 saturated carbocycles. The normalized spacial score (nSPS) is 26.3. The highest BCUT2D eigenvalue weighted by molar-refractivity contribution is 5.85. The van der Waals surface area contributed by atoms with E-state index in [4.69, 9.17) is 10.5 Å². The van der Waals surface area contributed by atoms with E-state index in [1.807, 2.05) is 13.8 Å². The van der Waals surface area contributed by atoms with E-state index in [1.54, 1.807) is 0 Å². The van der Waals surface area contributed by atoms with Gasteiger partial charge in [0.25, 0.3) is 0 Å². The van der Waals surface area contributed by atoms with E-state index in [-0.39, 0.29) is 42.2 Å². The number of hydrogen-bond acceptors (Lipinski definition) is 4. The molecule has 4 N–H and O–H groups in total. The quantitative estimate of drug-likeness (QED) is 0.689. The van der Waals surface area contributed by atoms with Gasteiger partial charge in [-0.05, 0) is 46.0 Å². The van der Waals surface area contributed by atoms with Crippen molar-refractivity contribution < 1.29 is 14.3 Å². The lowest BCUT2D eigenvalue weighted by Crippen LogP contribution is -2.53. The van der Waals surface area contributed by atoms with Crippen LogP contribution in [-0.2, 0) is 14.3 Å². The minimum Gasteiger partial charge on any atom is -0.381 e. The number of hydrogen-bond donors (Lipinski definition) is 3. The fraction of sp³-hybridized carbons (Fsp3) is 0.882. The summed E-state index contributed by atoms with van der Waals surface area (Å²) in [5.74, 6) is 0.150. The van der Waals surface area contributed by atoms with Crippen molar-refractivity contribution in [1.29, 1.82) is 0 Å². The van der Waals surface area contributed by atoms with Crippen molar-refractivity contribution in [1.82, 2.24) is 10.6 Å². The average molecular weight is 362 g/mol. The molecule has 0 aromatic rings. The molecular formula is C17H32ClN3O3. The average Bonchev–Trinajstić information content (AvgIpc) is 2.55. The SMILES string of the molecule is CC(C)NC(=O)C1CCCC(NC(=O)C2(CN)CCOCC2)C1.Cl. The lowest BCUT2D eigenvalue weighted by atomic mass is 9.78. The van der Waals surface area contributed by atoms with E-state index in [0.717, 1.165) is 25.7 Å². The molecule has 1 heterocycles. The molecule has 2 aliphatic rings. The largest absolute Gasteiger partial charge is 0.381 e. The second-order valence-electron chi connectivity index (χ2n) is 7.29. The summed E-state index contributed by atoms with van der Waals surface area (Å²) in [7, 11) is 0. The molecule has 2 amide bonds. The summed E-state index contributed by atoms with van der Waals surface area (Å²) in [6, 6.07) is 0.227. The first-order valence-corrected chi connectivity index (χ1v) is 8.86. The van der Waals surface area contributed by atoms with Crippen LogP contribution in [0.25, 0.3) is 0 Å². The van der Waals surface area contributed by atoms with Gasteiger partial charge in [0.1, 0.15) is 0 Å². The molecule has 0 radical (unpaired) electrons. The smallest absolute Gasteiger partial charge is 0.227 e. The fourth-order valence-electron chi connectivity index (χ4n) is 3.59. The molecule has 24 heavy (non-hydrogen) atoms. The third-order valence-corrected chi connectivity index (χ3v) is 5.13. The summed E-state index contributed by atoms with van der Waals surface area (Å²) < 4.78 is 5.36. The van der Waals surface area contributed by atoms with E-state index in [2.05, 4.69) is 10.6 Å². The highest BCUT2D eigenvalue weighted by Crippen LogP contribution is 2.31. The predicted molar refractivity (Wildman–Crippen MR) is 96.0 cm³/mol. The van der Waals surface area contributed by atoms with Crippen molar-refractivity contribution in [3.63, 3.8) is 0 Å². The van der Waals surface area contributed by atoms with Gasteiger partial charge in [-0.15, -0.1) is 12.4 Å². The molecule has 140 valence electrons. The van der Waals surface area contributed by atoms with Crippen LogP contribution in [0.15, 0.2) is 0 Å². The molecule has 0 bridgehead atoms. The third-order valence-electron chi connectivity index (χ3n) is 5.13. The Bertz CT molecular complexity index is 425. The summed E-state index contributed by atoms with van der Waals surface area (Å²) in [5, 5.41) is 6.14. The van der Waals surface area contributed by atoms with Gasteiger partial charge in [0.05, 0.1) is 5.41 Å². The van der Waals surface area contributed by atoms with E-state index in [9.17, 15) is 9.59 Å². The van der Waals surface area contributed by atoms with Crippen LogP contribution in [0.4, 0.5) is 0 Å². The van der Waals surface area contributed by atoms with Crippen LogP contribution < -0.4 is 16.4 Å². The monoisotopic (exact) mass is 361 g/mol. The molecule has 1 aliphatic carbocycles. The molecule has 2 rings (SSSR count). The van der Waals surface area contributed by atoms with E-state index in [1.165, 1.54) is 0 Å². The van der Waals surface area contributed by atoms with Crippen LogP contribution in [0.3, 0.4) is 0 Å². The van der Waals surface area contributed by atoms with Crippen LogP contribution >= 0.6 is 12.4 Å². The Labute approximate surface area is 151 Å². The number of rotatable bonds is 5. The Morgan fingerprint density at radius 2 is 1.92 bits per heavy atom. The number of ether oxygens (including phenoxy) is 1. The lowest BCUT2D eigenvalue weighted by molar-refractivity contribution is -0.137. The van der Waals surface area contributed by atoms with Crippen LogP contribution in [-0.4, -0.2) is 43.7 Å². The van der Waals surface area contributed by atoms with Crippen LogP contribution in [0.1, 0.15) is 52.4 Å². The number of carbonyl (C=O) groups excluding carboxylic acids is 2. The van der Waals surface area contributed by atoms with Gasteiger partial charge < -0.3 is 21.1 Å². The molecule has 2 fully saturated rings. The van der Waals surface area contributed by atoms with Crippen molar-refractivity contribution >= 4 is 24.2 Å². The summed E-state index contributed by atoms with van der Waals surface area (Å²) in [4.78, 5) is 24.9. The molecule has 2 unspecified atom stereocenters. The van der Waals surface area contributed by atoms with E-state index in [0.29, 0.717) is 32.6 Å². The Morgan fingerprint density at radius 3 is 2.50 bits per heavy atom. The highest BCUT2D eigenvalue weighted by Gasteiger charge is 2.40. The Kier molecular flexibility index (Phi) is 8.46. The van der Waals surface area contributed by atoms with Crippen molar-refractivity contribution in [3.05, 3.63) is 0 Å². The zero-order valence-electron chi connectivity index (χ0n) is 14.8. The van der Waals surface area contributed by atoms with E-state index < -0.39 is 5.41 Å². The van der Waals surface area contributed by atoms with Gasteiger partial charge in [-0.25, -0.2) is 0 Å². The Morgan fingerprint density at radius 1 is 1.25 bits per heavy atom. The van der Waals surface area contributed by atoms with Gasteiger partial charge in [0, 0.05) is 37.8 Å². The minimum absolute atomic E-state index is 0. The molecular weight excluding hydrogens is 330 g/mol.